The standard InChI is InChI=1S/C23H14BrClN4O3/c24-13-9-10-19-17(11-13)21(16-7-3-4-8-18(16)25)28-20(27-19)12-26-29-22(30)14-5-1-2-6-15(14)23(31)32/h1-12H,(H,29,30)(H,31,32)/b26-12+. The van der Waals surface area contributed by atoms with Gasteiger partial charge in [0.25, 0.3) is 5.91 Å². The van der Waals surface area contributed by atoms with Crippen molar-refractivity contribution in [2.24, 2.45) is 5.10 Å². The van der Waals surface area contributed by atoms with Crippen LogP contribution in [-0.4, -0.2) is 33.2 Å². The van der Waals surface area contributed by atoms with Crippen LogP contribution >= 0.6 is 27.5 Å². The monoisotopic (exact) mass is 508 g/mol. The zero-order chi connectivity index (χ0) is 22.7. The van der Waals surface area contributed by atoms with E-state index >= 15 is 0 Å². The van der Waals surface area contributed by atoms with E-state index in [4.69, 9.17) is 11.6 Å². The van der Waals surface area contributed by atoms with E-state index in [9.17, 15) is 14.7 Å². The lowest BCUT2D eigenvalue weighted by molar-refractivity contribution is 0.0691. The fourth-order valence-corrected chi connectivity index (χ4v) is 3.70. The van der Waals surface area contributed by atoms with Gasteiger partial charge in [-0.1, -0.05) is 57.9 Å². The number of carboxylic acids is 1. The van der Waals surface area contributed by atoms with Gasteiger partial charge in [-0.3, -0.25) is 4.79 Å². The molecule has 0 aliphatic heterocycles. The van der Waals surface area contributed by atoms with Crippen molar-refractivity contribution in [1.29, 1.82) is 0 Å². The van der Waals surface area contributed by atoms with Crippen molar-refractivity contribution >= 4 is 56.5 Å². The van der Waals surface area contributed by atoms with E-state index in [-0.39, 0.29) is 17.0 Å². The van der Waals surface area contributed by atoms with E-state index in [0.717, 1.165) is 15.4 Å². The third-order valence-corrected chi connectivity index (χ3v) is 5.38. The van der Waals surface area contributed by atoms with Gasteiger partial charge in [-0.25, -0.2) is 20.2 Å². The summed E-state index contributed by atoms with van der Waals surface area (Å²) >= 11 is 9.86. The van der Waals surface area contributed by atoms with Crippen molar-refractivity contribution in [3.63, 3.8) is 0 Å². The minimum Gasteiger partial charge on any atom is -0.478 e. The van der Waals surface area contributed by atoms with Crippen molar-refractivity contribution in [2.45, 2.75) is 0 Å². The number of carbonyl (C=O) groups excluding carboxylic acids is 1. The van der Waals surface area contributed by atoms with Gasteiger partial charge in [-0.15, -0.1) is 0 Å². The lowest BCUT2D eigenvalue weighted by Gasteiger charge is -2.09. The quantitative estimate of drug-likeness (QED) is 0.285. The normalized spacial score (nSPS) is 11.1. The average Bonchev–Trinajstić information content (AvgIpc) is 2.79. The summed E-state index contributed by atoms with van der Waals surface area (Å²) < 4.78 is 0.868. The minimum absolute atomic E-state index is 0.00168. The third-order valence-electron chi connectivity index (χ3n) is 4.55. The molecule has 158 valence electrons. The average molecular weight is 510 g/mol. The van der Waals surface area contributed by atoms with Crippen molar-refractivity contribution < 1.29 is 14.7 Å². The molecule has 1 amide bonds. The molecule has 0 saturated heterocycles. The molecule has 0 bridgehead atoms. The Labute approximate surface area is 195 Å². The summed E-state index contributed by atoms with van der Waals surface area (Å²) in [5.74, 6) is -1.61. The number of hydrogen-bond donors (Lipinski definition) is 2. The van der Waals surface area contributed by atoms with Gasteiger partial charge in [0, 0.05) is 20.4 Å². The number of aromatic carboxylic acids is 1. The molecule has 0 aliphatic carbocycles. The summed E-state index contributed by atoms with van der Waals surface area (Å²) in [6.45, 7) is 0. The number of fused-ring (bicyclic) bond motifs is 1. The Bertz CT molecular complexity index is 1390. The fourth-order valence-electron chi connectivity index (χ4n) is 3.11. The molecule has 9 heteroatoms. The van der Waals surface area contributed by atoms with E-state index in [1.165, 1.54) is 18.3 Å². The van der Waals surface area contributed by atoms with Crippen LogP contribution in [-0.2, 0) is 0 Å². The first-order valence-corrected chi connectivity index (χ1v) is 10.5. The maximum Gasteiger partial charge on any atom is 0.336 e. The lowest BCUT2D eigenvalue weighted by atomic mass is 10.1. The van der Waals surface area contributed by atoms with Gasteiger partial charge < -0.3 is 5.11 Å². The number of carboxylic acid groups (broad SMARTS) is 1. The molecule has 0 saturated carbocycles. The SMILES string of the molecule is O=C(O)c1ccccc1C(=O)N/N=C/c1nc(-c2ccccc2Cl)c2cc(Br)ccc2n1. The molecular formula is C23H14BrClN4O3. The van der Waals surface area contributed by atoms with Crippen LogP contribution in [0.2, 0.25) is 5.02 Å². The van der Waals surface area contributed by atoms with Gasteiger partial charge >= 0.3 is 5.97 Å². The molecule has 0 radical (unpaired) electrons. The van der Waals surface area contributed by atoms with Crippen LogP contribution in [0.3, 0.4) is 0 Å². The number of carbonyl (C=O) groups is 2. The number of halogens is 2. The molecule has 32 heavy (non-hydrogen) atoms. The number of hydrogen-bond acceptors (Lipinski definition) is 5. The second kappa shape index (κ2) is 9.25. The maximum atomic E-state index is 12.4. The Hall–Kier alpha value is -3.62. The number of amides is 1. The van der Waals surface area contributed by atoms with Crippen LogP contribution in [0.15, 0.2) is 76.3 Å². The molecule has 0 fully saturated rings. The second-order valence-corrected chi connectivity index (χ2v) is 7.94. The molecule has 2 N–H and O–H groups in total. The van der Waals surface area contributed by atoms with Gasteiger partial charge in [-0.05, 0) is 36.4 Å². The number of aromatic nitrogens is 2. The molecule has 3 aromatic carbocycles. The molecule has 1 heterocycles. The largest absolute Gasteiger partial charge is 0.478 e. The molecule has 7 nitrogen and oxygen atoms in total. The smallest absolute Gasteiger partial charge is 0.336 e. The fraction of sp³-hybridized carbons (Fsp3) is 0. The zero-order valence-corrected chi connectivity index (χ0v) is 18.6. The van der Waals surface area contributed by atoms with E-state index in [1.807, 2.05) is 36.4 Å². The highest BCUT2D eigenvalue weighted by Crippen LogP contribution is 2.32. The van der Waals surface area contributed by atoms with Crippen LogP contribution in [0, 0.1) is 0 Å². The van der Waals surface area contributed by atoms with Crippen LogP contribution < -0.4 is 5.43 Å². The first-order valence-electron chi connectivity index (χ1n) is 9.32. The highest BCUT2D eigenvalue weighted by molar-refractivity contribution is 9.10. The van der Waals surface area contributed by atoms with E-state index < -0.39 is 11.9 Å². The van der Waals surface area contributed by atoms with Gasteiger partial charge in [-0.2, -0.15) is 5.10 Å². The zero-order valence-electron chi connectivity index (χ0n) is 16.3. The van der Waals surface area contributed by atoms with Crippen LogP contribution in [0.25, 0.3) is 22.2 Å². The van der Waals surface area contributed by atoms with Gasteiger partial charge in [0.05, 0.1) is 28.6 Å². The molecule has 0 unspecified atom stereocenters. The van der Waals surface area contributed by atoms with Crippen LogP contribution in [0.5, 0.6) is 0 Å². The predicted octanol–water partition coefficient (Wildman–Crippen LogP) is 5.17. The number of nitrogens with one attached hydrogen (secondary N) is 1. The Kier molecular flexibility index (Phi) is 6.25. The topological polar surface area (TPSA) is 105 Å². The highest BCUT2D eigenvalue weighted by Gasteiger charge is 2.15. The highest BCUT2D eigenvalue weighted by atomic mass is 79.9. The van der Waals surface area contributed by atoms with Crippen molar-refractivity contribution in [3.05, 3.63) is 93.2 Å². The molecule has 4 aromatic rings. The summed E-state index contributed by atoms with van der Waals surface area (Å²) in [5, 5.41) is 14.5. The number of hydrazone groups is 1. The molecule has 0 atom stereocenters. The van der Waals surface area contributed by atoms with Crippen molar-refractivity contribution in [2.75, 3.05) is 0 Å². The predicted molar refractivity (Wildman–Crippen MR) is 126 cm³/mol. The van der Waals surface area contributed by atoms with Gasteiger partial charge in [0.15, 0.2) is 5.82 Å². The first kappa shape index (κ1) is 21.6. The Morgan fingerprint density at radius 1 is 1.00 bits per heavy atom. The maximum absolute atomic E-state index is 12.4. The van der Waals surface area contributed by atoms with Gasteiger partial charge in [0.1, 0.15) is 0 Å². The summed E-state index contributed by atoms with van der Waals surface area (Å²) in [6.07, 6.45) is 1.29. The van der Waals surface area contributed by atoms with E-state index in [2.05, 4.69) is 36.4 Å². The Morgan fingerprint density at radius 3 is 2.47 bits per heavy atom. The van der Waals surface area contributed by atoms with Crippen LogP contribution in [0.4, 0.5) is 0 Å². The van der Waals surface area contributed by atoms with E-state index in [0.29, 0.717) is 16.2 Å². The summed E-state index contributed by atoms with van der Waals surface area (Å²) in [5.41, 5.74) is 4.22. The Balaban J connectivity index is 1.69. The third kappa shape index (κ3) is 4.51. The first-order chi connectivity index (χ1) is 15.4. The Morgan fingerprint density at radius 2 is 1.72 bits per heavy atom. The van der Waals surface area contributed by atoms with Crippen molar-refractivity contribution in [1.82, 2.24) is 15.4 Å². The van der Waals surface area contributed by atoms with E-state index in [1.54, 1.807) is 18.2 Å². The summed E-state index contributed by atoms with van der Waals surface area (Å²) in [4.78, 5) is 32.8. The van der Waals surface area contributed by atoms with Crippen molar-refractivity contribution in [3.8, 4) is 11.3 Å². The van der Waals surface area contributed by atoms with Gasteiger partial charge in [0.2, 0.25) is 0 Å². The number of rotatable bonds is 5. The lowest BCUT2D eigenvalue weighted by Crippen LogP contribution is -2.21. The molecule has 0 aliphatic rings. The molecule has 1 aromatic heterocycles. The summed E-state index contributed by atoms with van der Waals surface area (Å²) in [6, 6.07) is 18.8. The second-order valence-electron chi connectivity index (χ2n) is 6.62. The molecule has 0 spiro atoms. The number of benzene rings is 3. The molecule has 4 rings (SSSR count). The number of nitrogens with zero attached hydrogens (tertiary/aromatic N) is 3. The van der Waals surface area contributed by atoms with Crippen LogP contribution in [0.1, 0.15) is 26.5 Å². The minimum atomic E-state index is -1.20. The molecular weight excluding hydrogens is 496 g/mol. The summed E-state index contributed by atoms with van der Waals surface area (Å²) in [7, 11) is 0.